The number of carbonyl (C=O) groups is 1. The van der Waals surface area contributed by atoms with Gasteiger partial charge < -0.3 is 10.2 Å². The van der Waals surface area contributed by atoms with Crippen molar-refractivity contribution in [2.45, 2.75) is 6.92 Å². The van der Waals surface area contributed by atoms with Crippen LogP contribution in [-0.2, 0) is 0 Å². The van der Waals surface area contributed by atoms with Gasteiger partial charge in [0.2, 0.25) is 0 Å². The van der Waals surface area contributed by atoms with Gasteiger partial charge in [0, 0.05) is 36.1 Å². The highest BCUT2D eigenvalue weighted by Crippen LogP contribution is 2.31. The Morgan fingerprint density at radius 1 is 1.24 bits per heavy atom. The van der Waals surface area contributed by atoms with Crippen molar-refractivity contribution in [3.63, 3.8) is 0 Å². The first kappa shape index (κ1) is 17.2. The maximum absolute atomic E-state index is 14.0. The van der Waals surface area contributed by atoms with E-state index in [1.165, 1.54) is 29.3 Å². The smallest absolute Gasteiger partial charge is 0.255 e. The molecule has 0 spiro atoms. The van der Waals surface area contributed by atoms with Gasteiger partial charge in [-0.25, -0.2) is 9.37 Å². The average molecular weight is 358 g/mol. The Balaban J connectivity index is 2.18. The number of nitrogens with zero attached hydrogens (tertiary/aromatic N) is 2. The zero-order chi connectivity index (χ0) is 18.1. The summed E-state index contributed by atoms with van der Waals surface area (Å²) in [4.78, 5) is 18.3. The lowest BCUT2D eigenvalue weighted by Gasteiger charge is -2.16. The summed E-state index contributed by atoms with van der Waals surface area (Å²) < 4.78 is 14.0. The van der Waals surface area contributed by atoms with Crippen molar-refractivity contribution < 1.29 is 9.18 Å². The summed E-state index contributed by atoms with van der Waals surface area (Å²) in [5.41, 5.74) is 1.68. The molecule has 6 heteroatoms. The third kappa shape index (κ3) is 3.28. The number of aryl methyl sites for hydroxylation is 1. The average Bonchev–Trinajstić information content (AvgIpc) is 2.58. The molecule has 0 atom stereocenters. The van der Waals surface area contributed by atoms with Gasteiger partial charge in [-0.2, -0.15) is 0 Å². The zero-order valence-electron chi connectivity index (χ0n) is 14.1. The summed E-state index contributed by atoms with van der Waals surface area (Å²) in [5.74, 6) is -0.0945. The molecule has 0 saturated carbocycles. The van der Waals surface area contributed by atoms with E-state index in [0.717, 1.165) is 16.3 Å². The number of rotatable bonds is 3. The molecule has 1 aromatic heterocycles. The Kier molecular flexibility index (Phi) is 4.59. The largest absolute Gasteiger partial charge is 0.345 e. The van der Waals surface area contributed by atoms with Crippen LogP contribution in [0.4, 0.5) is 15.9 Å². The van der Waals surface area contributed by atoms with Gasteiger partial charge in [-0.1, -0.05) is 29.8 Å². The molecule has 0 radical (unpaired) electrons. The highest BCUT2D eigenvalue weighted by atomic mass is 35.5. The van der Waals surface area contributed by atoms with Crippen LogP contribution >= 0.6 is 11.6 Å². The quantitative estimate of drug-likeness (QED) is 0.733. The molecule has 25 heavy (non-hydrogen) atoms. The third-order valence-electron chi connectivity index (χ3n) is 3.94. The summed E-state index contributed by atoms with van der Waals surface area (Å²) in [6.07, 6.45) is 1.52. The van der Waals surface area contributed by atoms with E-state index in [1.54, 1.807) is 14.1 Å². The molecule has 3 aromatic rings. The molecular formula is C19H17ClFN3O. The van der Waals surface area contributed by atoms with E-state index in [9.17, 15) is 9.18 Å². The third-order valence-corrected chi connectivity index (χ3v) is 4.17. The molecule has 3 rings (SSSR count). The van der Waals surface area contributed by atoms with Gasteiger partial charge in [-0.05, 0) is 30.7 Å². The highest BCUT2D eigenvalue weighted by Gasteiger charge is 2.17. The highest BCUT2D eigenvalue weighted by molar-refractivity contribution is 6.30. The zero-order valence-corrected chi connectivity index (χ0v) is 14.9. The van der Waals surface area contributed by atoms with Crippen molar-refractivity contribution in [1.82, 2.24) is 9.88 Å². The van der Waals surface area contributed by atoms with E-state index in [-0.39, 0.29) is 11.6 Å². The number of fused-ring (bicyclic) bond motifs is 1. The Hall–Kier alpha value is -2.66. The van der Waals surface area contributed by atoms with Gasteiger partial charge in [-0.15, -0.1) is 0 Å². The van der Waals surface area contributed by atoms with Crippen molar-refractivity contribution in [3.05, 3.63) is 64.6 Å². The minimum Gasteiger partial charge on any atom is -0.345 e. The number of pyridine rings is 1. The molecule has 0 fully saturated rings. The Morgan fingerprint density at radius 3 is 2.72 bits per heavy atom. The van der Waals surface area contributed by atoms with Crippen LogP contribution in [0.5, 0.6) is 0 Å². The van der Waals surface area contributed by atoms with Crippen molar-refractivity contribution >= 4 is 39.8 Å². The summed E-state index contributed by atoms with van der Waals surface area (Å²) in [5, 5.41) is 4.94. The number of anilines is 2. The van der Waals surface area contributed by atoms with Gasteiger partial charge in [0.15, 0.2) is 0 Å². The van der Waals surface area contributed by atoms with E-state index in [2.05, 4.69) is 10.3 Å². The molecule has 0 aliphatic carbocycles. The number of nitrogens with one attached hydrogen (secondary N) is 1. The molecule has 0 aliphatic rings. The lowest BCUT2D eigenvalue weighted by molar-refractivity contribution is 0.0829. The Bertz CT molecular complexity index is 972. The number of hydrogen-bond acceptors (Lipinski definition) is 3. The second kappa shape index (κ2) is 6.69. The van der Waals surface area contributed by atoms with Gasteiger partial charge in [0.25, 0.3) is 5.91 Å². The number of carbonyl (C=O) groups excluding carboxylic acids is 1. The lowest BCUT2D eigenvalue weighted by Crippen LogP contribution is -2.22. The molecule has 1 amide bonds. The fourth-order valence-corrected chi connectivity index (χ4v) is 2.88. The molecule has 0 saturated heterocycles. The molecule has 0 unspecified atom stereocenters. The first-order valence-corrected chi connectivity index (χ1v) is 8.08. The van der Waals surface area contributed by atoms with Crippen LogP contribution in [0.1, 0.15) is 15.9 Å². The maximum Gasteiger partial charge on any atom is 0.255 e. The van der Waals surface area contributed by atoms with Crippen LogP contribution in [-0.4, -0.2) is 29.9 Å². The van der Waals surface area contributed by atoms with Gasteiger partial charge >= 0.3 is 0 Å². The van der Waals surface area contributed by atoms with Crippen LogP contribution in [0.25, 0.3) is 10.8 Å². The normalized spacial score (nSPS) is 10.8. The van der Waals surface area contributed by atoms with Gasteiger partial charge in [0.05, 0.1) is 11.3 Å². The second-order valence-corrected chi connectivity index (χ2v) is 6.40. The predicted molar refractivity (Wildman–Crippen MR) is 99.2 cm³/mol. The van der Waals surface area contributed by atoms with Crippen LogP contribution < -0.4 is 5.32 Å². The van der Waals surface area contributed by atoms with E-state index >= 15 is 0 Å². The standard InChI is InChI=1S/C19H17ClFN3O/c1-11-5-4-6-13-17(11)14(19(25)24(2)3)10-22-18(13)23-16-9-12(20)7-8-15(16)21/h4-10H,1-3H3,(H,22,23). The van der Waals surface area contributed by atoms with E-state index in [1.807, 2.05) is 25.1 Å². The van der Waals surface area contributed by atoms with E-state index in [4.69, 9.17) is 11.6 Å². The SMILES string of the molecule is Cc1cccc2c(Nc3cc(Cl)ccc3F)ncc(C(=O)N(C)C)c12. The van der Waals surface area contributed by atoms with Crippen LogP contribution in [0.2, 0.25) is 5.02 Å². The van der Waals surface area contributed by atoms with Crippen LogP contribution in [0, 0.1) is 12.7 Å². The van der Waals surface area contributed by atoms with Crippen LogP contribution in [0.3, 0.4) is 0 Å². The molecule has 1 N–H and O–H groups in total. The molecular weight excluding hydrogens is 341 g/mol. The summed E-state index contributed by atoms with van der Waals surface area (Å²) >= 11 is 5.95. The first-order valence-electron chi connectivity index (χ1n) is 7.70. The van der Waals surface area contributed by atoms with E-state index in [0.29, 0.717) is 16.4 Å². The molecule has 1 heterocycles. The Labute approximate surface area is 150 Å². The van der Waals surface area contributed by atoms with Crippen molar-refractivity contribution in [2.75, 3.05) is 19.4 Å². The summed E-state index contributed by atoms with van der Waals surface area (Å²) in [6.45, 7) is 1.93. The number of benzene rings is 2. The van der Waals surface area contributed by atoms with Crippen molar-refractivity contribution in [1.29, 1.82) is 0 Å². The maximum atomic E-state index is 14.0. The molecule has 128 valence electrons. The summed E-state index contributed by atoms with van der Waals surface area (Å²) in [7, 11) is 3.39. The molecule has 4 nitrogen and oxygen atoms in total. The first-order chi connectivity index (χ1) is 11.9. The minimum atomic E-state index is -0.430. The van der Waals surface area contributed by atoms with Crippen molar-refractivity contribution in [2.24, 2.45) is 0 Å². The number of aromatic nitrogens is 1. The Morgan fingerprint density at radius 2 is 2.00 bits per heavy atom. The predicted octanol–water partition coefficient (Wildman–Crippen LogP) is 4.78. The van der Waals surface area contributed by atoms with Crippen LogP contribution in [0.15, 0.2) is 42.6 Å². The number of hydrogen-bond donors (Lipinski definition) is 1. The fraction of sp³-hybridized carbons (Fsp3) is 0.158. The second-order valence-electron chi connectivity index (χ2n) is 5.97. The molecule has 2 aromatic carbocycles. The monoisotopic (exact) mass is 357 g/mol. The topological polar surface area (TPSA) is 45.2 Å². The summed E-state index contributed by atoms with van der Waals surface area (Å²) in [6, 6.07) is 9.94. The fourth-order valence-electron chi connectivity index (χ4n) is 2.71. The number of amides is 1. The lowest BCUT2D eigenvalue weighted by atomic mass is 10.0. The molecule has 0 bridgehead atoms. The van der Waals surface area contributed by atoms with Gasteiger partial charge in [-0.3, -0.25) is 4.79 Å². The van der Waals surface area contributed by atoms with Crippen molar-refractivity contribution in [3.8, 4) is 0 Å². The molecule has 0 aliphatic heterocycles. The van der Waals surface area contributed by atoms with E-state index < -0.39 is 5.82 Å². The number of halogens is 2. The minimum absolute atomic E-state index is 0.132. The van der Waals surface area contributed by atoms with Gasteiger partial charge in [0.1, 0.15) is 11.6 Å².